The fourth-order valence-electron chi connectivity index (χ4n) is 2.71. The van der Waals surface area contributed by atoms with Crippen molar-refractivity contribution >= 4 is 17.5 Å². The Morgan fingerprint density at radius 1 is 1.04 bits per heavy atom. The number of hydrogen-bond acceptors (Lipinski definition) is 4. The molecule has 0 atom stereocenters. The normalized spacial score (nSPS) is 15.5. The first-order valence-corrected chi connectivity index (χ1v) is 7.99. The van der Waals surface area contributed by atoms with Crippen molar-refractivity contribution in [2.24, 2.45) is 0 Å². The van der Waals surface area contributed by atoms with Gasteiger partial charge >= 0.3 is 5.69 Å². The summed E-state index contributed by atoms with van der Waals surface area (Å²) >= 11 is 5.88. The van der Waals surface area contributed by atoms with Gasteiger partial charge < -0.3 is 9.88 Å². The third kappa shape index (κ3) is 3.93. The molecule has 0 aliphatic carbocycles. The predicted molar refractivity (Wildman–Crippen MR) is 90.3 cm³/mol. The van der Waals surface area contributed by atoms with Crippen LogP contribution in [0.25, 0.3) is 0 Å². The van der Waals surface area contributed by atoms with Crippen molar-refractivity contribution in [2.75, 3.05) is 26.2 Å². The molecule has 1 aromatic carbocycles. The summed E-state index contributed by atoms with van der Waals surface area (Å²) in [5.41, 5.74) is -0.0660. The molecule has 1 aliphatic heterocycles. The number of carbonyl (C=O) groups excluding carboxylic acids is 1. The summed E-state index contributed by atoms with van der Waals surface area (Å²) in [6, 6.07) is 8.81. The van der Waals surface area contributed by atoms with Gasteiger partial charge in [0.2, 0.25) is 0 Å². The minimum absolute atomic E-state index is 0.0231. The van der Waals surface area contributed by atoms with Crippen LogP contribution < -0.4 is 11.2 Å². The van der Waals surface area contributed by atoms with E-state index < -0.39 is 11.2 Å². The number of benzene rings is 1. The first-order valence-electron chi connectivity index (χ1n) is 7.61. The van der Waals surface area contributed by atoms with Crippen LogP contribution in [0.1, 0.15) is 16.1 Å². The highest BCUT2D eigenvalue weighted by Gasteiger charge is 2.23. The lowest BCUT2D eigenvalue weighted by Gasteiger charge is -2.34. The Bertz CT molecular complexity index is 807. The summed E-state index contributed by atoms with van der Waals surface area (Å²) in [5.74, 6) is -0.329. The van der Waals surface area contributed by atoms with E-state index in [1.54, 1.807) is 4.90 Å². The monoisotopic (exact) mass is 348 g/mol. The quantitative estimate of drug-likeness (QED) is 0.853. The van der Waals surface area contributed by atoms with Gasteiger partial charge in [-0.3, -0.25) is 19.5 Å². The molecule has 1 saturated heterocycles. The lowest BCUT2D eigenvalue weighted by molar-refractivity contribution is 0.0622. The van der Waals surface area contributed by atoms with Crippen LogP contribution in [-0.4, -0.2) is 51.9 Å². The molecule has 8 heteroatoms. The Morgan fingerprint density at radius 2 is 1.71 bits per heavy atom. The van der Waals surface area contributed by atoms with Crippen LogP contribution in [0, 0.1) is 0 Å². The van der Waals surface area contributed by atoms with E-state index in [1.165, 1.54) is 0 Å². The molecule has 0 unspecified atom stereocenters. The molecule has 1 amide bonds. The lowest BCUT2D eigenvalue weighted by Crippen LogP contribution is -2.48. The molecule has 7 nitrogen and oxygen atoms in total. The molecule has 1 aliphatic rings. The van der Waals surface area contributed by atoms with Gasteiger partial charge in [0.15, 0.2) is 0 Å². The fraction of sp³-hybridized carbons (Fsp3) is 0.312. The van der Waals surface area contributed by atoms with Gasteiger partial charge in [-0.25, -0.2) is 4.79 Å². The molecule has 2 heterocycles. The van der Waals surface area contributed by atoms with Gasteiger partial charge in [0.05, 0.1) is 0 Å². The Morgan fingerprint density at radius 3 is 2.33 bits per heavy atom. The third-order valence-electron chi connectivity index (χ3n) is 3.97. The van der Waals surface area contributed by atoms with Gasteiger partial charge in [-0.05, 0) is 17.7 Å². The smallest absolute Gasteiger partial charge is 0.326 e. The largest absolute Gasteiger partial charge is 0.335 e. The van der Waals surface area contributed by atoms with Gasteiger partial charge in [-0.1, -0.05) is 23.7 Å². The van der Waals surface area contributed by atoms with Gasteiger partial charge in [0, 0.05) is 43.8 Å². The van der Waals surface area contributed by atoms with Crippen LogP contribution in [0.15, 0.2) is 39.9 Å². The molecule has 1 aromatic heterocycles. The van der Waals surface area contributed by atoms with Gasteiger partial charge in [0.1, 0.15) is 5.69 Å². The zero-order valence-corrected chi connectivity index (χ0v) is 13.7. The van der Waals surface area contributed by atoms with Gasteiger partial charge in [-0.15, -0.1) is 0 Å². The number of piperazine rings is 1. The third-order valence-corrected chi connectivity index (χ3v) is 4.22. The molecule has 1 fully saturated rings. The van der Waals surface area contributed by atoms with Gasteiger partial charge in [-0.2, -0.15) is 0 Å². The van der Waals surface area contributed by atoms with E-state index in [-0.39, 0.29) is 11.6 Å². The Balaban J connectivity index is 1.60. The molecule has 0 bridgehead atoms. The average Bonchev–Trinajstić information content (AvgIpc) is 2.56. The number of hydrogen-bond donors (Lipinski definition) is 2. The number of rotatable bonds is 3. The Hall–Kier alpha value is -2.38. The highest BCUT2D eigenvalue weighted by molar-refractivity contribution is 6.30. The van der Waals surface area contributed by atoms with Crippen LogP contribution >= 0.6 is 11.6 Å². The maximum absolute atomic E-state index is 12.4. The summed E-state index contributed by atoms with van der Waals surface area (Å²) in [4.78, 5) is 43.3. The van der Waals surface area contributed by atoms with Crippen LogP contribution in [0.5, 0.6) is 0 Å². The molecule has 2 aromatic rings. The zero-order valence-electron chi connectivity index (χ0n) is 12.9. The molecule has 0 spiro atoms. The van der Waals surface area contributed by atoms with Gasteiger partial charge in [0.25, 0.3) is 11.5 Å². The van der Waals surface area contributed by atoms with E-state index in [0.717, 1.165) is 31.3 Å². The van der Waals surface area contributed by atoms with Crippen LogP contribution in [0.2, 0.25) is 5.02 Å². The molecule has 126 valence electrons. The highest BCUT2D eigenvalue weighted by Crippen LogP contribution is 2.13. The number of carbonyl (C=O) groups is 1. The first-order chi connectivity index (χ1) is 11.5. The second-order valence-corrected chi connectivity index (χ2v) is 6.13. The van der Waals surface area contributed by atoms with Crippen molar-refractivity contribution in [2.45, 2.75) is 6.54 Å². The highest BCUT2D eigenvalue weighted by atomic mass is 35.5. The molecular formula is C16H17ClN4O3. The predicted octanol–water partition coefficient (Wildman–Crippen LogP) is 0.675. The van der Waals surface area contributed by atoms with Crippen LogP contribution in [0.3, 0.4) is 0 Å². The summed E-state index contributed by atoms with van der Waals surface area (Å²) in [6.07, 6.45) is 0. The number of amides is 1. The first kappa shape index (κ1) is 16.5. The molecule has 3 rings (SSSR count). The van der Waals surface area contributed by atoms with Crippen molar-refractivity contribution in [3.8, 4) is 0 Å². The second kappa shape index (κ2) is 7.02. The Labute approximate surface area is 142 Å². The van der Waals surface area contributed by atoms with E-state index in [4.69, 9.17) is 11.6 Å². The second-order valence-electron chi connectivity index (χ2n) is 5.70. The number of nitrogens with zero attached hydrogens (tertiary/aromatic N) is 2. The van der Waals surface area contributed by atoms with Crippen LogP contribution in [0.4, 0.5) is 0 Å². The van der Waals surface area contributed by atoms with E-state index in [9.17, 15) is 14.4 Å². The Kier molecular flexibility index (Phi) is 4.82. The molecule has 0 radical (unpaired) electrons. The molecule has 2 N–H and O–H groups in total. The number of nitrogens with one attached hydrogen (secondary N) is 2. The zero-order chi connectivity index (χ0) is 17.1. The minimum Gasteiger partial charge on any atom is -0.335 e. The maximum Gasteiger partial charge on any atom is 0.326 e. The number of H-pyrrole nitrogens is 2. The van der Waals surface area contributed by atoms with Crippen molar-refractivity contribution in [3.63, 3.8) is 0 Å². The number of aromatic amines is 2. The summed E-state index contributed by atoms with van der Waals surface area (Å²) in [7, 11) is 0. The van der Waals surface area contributed by atoms with Crippen molar-refractivity contribution in [1.29, 1.82) is 0 Å². The summed E-state index contributed by atoms with van der Waals surface area (Å²) in [6.45, 7) is 3.33. The molecule has 24 heavy (non-hydrogen) atoms. The van der Waals surface area contributed by atoms with Crippen molar-refractivity contribution < 1.29 is 4.79 Å². The topological polar surface area (TPSA) is 89.3 Å². The molecular weight excluding hydrogens is 332 g/mol. The van der Waals surface area contributed by atoms with E-state index in [0.29, 0.717) is 18.1 Å². The van der Waals surface area contributed by atoms with Crippen molar-refractivity contribution in [3.05, 3.63) is 67.4 Å². The van der Waals surface area contributed by atoms with Crippen molar-refractivity contribution in [1.82, 2.24) is 19.8 Å². The summed E-state index contributed by atoms with van der Waals surface area (Å²) in [5, 5.41) is 0.709. The SMILES string of the molecule is O=C(c1cc(=O)[nH]c(=O)[nH]1)N1CCN(Cc2ccc(Cl)cc2)CC1. The van der Waals surface area contributed by atoms with E-state index >= 15 is 0 Å². The molecule has 0 saturated carbocycles. The minimum atomic E-state index is -0.674. The maximum atomic E-state index is 12.4. The average molecular weight is 349 g/mol. The summed E-state index contributed by atoms with van der Waals surface area (Å²) < 4.78 is 0. The lowest BCUT2D eigenvalue weighted by atomic mass is 10.2. The van der Waals surface area contributed by atoms with E-state index in [2.05, 4.69) is 14.9 Å². The standard InChI is InChI=1S/C16H17ClN4O3/c17-12-3-1-11(2-4-12)10-20-5-7-21(8-6-20)15(23)13-9-14(22)19-16(24)18-13/h1-4,9H,5-8,10H2,(H2,18,19,22,24). The van der Waals surface area contributed by atoms with Crippen LogP contribution in [-0.2, 0) is 6.54 Å². The number of halogens is 1. The number of aromatic nitrogens is 2. The van der Waals surface area contributed by atoms with E-state index in [1.807, 2.05) is 24.3 Å². The fourth-order valence-corrected chi connectivity index (χ4v) is 2.84.